The second-order valence-electron chi connectivity index (χ2n) is 3.67. The maximum atomic E-state index is 9.25. The summed E-state index contributed by atoms with van der Waals surface area (Å²) in [5, 5.41) is 70.8. The molecular weight excluding hydrogens is 372 g/mol. The van der Waals surface area contributed by atoms with E-state index in [-0.39, 0.29) is 26.4 Å². The van der Waals surface area contributed by atoms with Crippen LogP contribution < -0.4 is 0 Å². The monoisotopic (exact) mass is 400 g/mol. The van der Waals surface area contributed by atoms with E-state index in [2.05, 4.69) is 19.7 Å². The van der Waals surface area contributed by atoms with Gasteiger partial charge in [-0.2, -0.15) is 0 Å². The quantitative estimate of drug-likeness (QED) is 0.201. The van der Waals surface area contributed by atoms with Gasteiger partial charge >= 0.3 is 17.9 Å². The van der Waals surface area contributed by atoms with E-state index >= 15 is 0 Å². The highest BCUT2D eigenvalue weighted by molar-refractivity contribution is 5.79. The molecule has 0 aromatic heterocycles. The van der Waals surface area contributed by atoms with Crippen LogP contribution in [0, 0.1) is 0 Å². The maximum Gasteiger partial charge on any atom is 0.327 e. The predicted octanol–water partition coefficient (Wildman–Crippen LogP) is -2.57. The van der Waals surface area contributed by atoms with Gasteiger partial charge in [0.2, 0.25) is 0 Å². The Morgan fingerprint density at radius 3 is 0.704 bits per heavy atom. The van der Waals surface area contributed by atoms with Crippen molar-refractivity contribution in [2.45, 2.75) is 12.2 Å². The van der Waals surface area contributed by atoms with E-state index in [0.29, 0.717) is 0 Å². The molecule has 0 amide bonds. The lowest BCUT2D eigenvalue weighted by Gasteiger charge is -1.96. The van der Waals surface area contributed by atoms with Gasteiger partial charge in [0.25, 0.3) is 0 Å². The van der Waals surface area contributed by atoms with Crippen LogP contribution in [0.1, 0.15) is 0 Å². The molecule has 0 bridgehead atoms. The number of aliphatic hydroxyl groups is 6. The van der Waals surface area contributed by atoms with Crippen molar-refractivity contribution in [3.05, 3.63) is 38.0 Å². The molecule has 0 heterocycles. The number of carboxylic acids is 3. The average Bonchev–Trinajstić information content (AvgIpc) is 2.68. The molecule has 0 saturated carbocycles. The van der Waals surface area contributed by atoms with Crippen molar-refractivity contribution in [2.75, 3.05) is 26.4 Å². The van der Waals surface area contributed by atoms with Gasteiger partial charge in [-0.05, 0) is 0 Å². The van der Waals surface area contributed by atoms with Gasteiger partial charge in [-0.25, -0.2) is 14.4 Å². The Morgan fingerprint density at radius 2 is 0.704 bits per heavy atom. The average molecular weight is 400 g/mol. The summed E-state index contributed by atoms with van der Waals surface area (Å²) in [5.74, 6) is -2.94. The summed E-state index contributed by atoms with van der Waals surface area (Å²) in [6.45, 7) is 7.42. The van der Waals surface area contributed by atoms with Crippen LogP contribution in [0.2, 0.25) is 0 Å². The fraction of sp³-hybridized carbons (Fsp3) is 0.400. The van der Waals surface area contributed by atoms with Gasteiger partial charge in [0.15, 0.2) is 0 Å². The van der Waals surface area contributed by atoms with E-state index in [1.165, 1.54) is 0 Å². The molecule has 0 atom stereocenters. The van der Waals surface area contributed by atoms with Gasteiger partial charge < -0.3 is 46.0 Å². The summed E-state index contributed by atoms with van der Waals surface area (Å²) in [4.78, 5) is 27.8. The van der Waals surface area contributed by atoms with Crippen LogP contribution in [0.4, 0.5) is 0 Å². The molecule has 0 aliphatic heterocycles. The minimum Gasteiger partial charge on any atom is -0.478 e. The van der Waals surface area contributed by atoms with Gasteiger partial charge in [-0.3, -0.25) is 0 Å². The van der Waals surface area contributed by atoms with Crippen LogP contribution in [-0.4, -0.2) is 103 Å². The van der Waals surface area contributed by atoms with Gasteiger partial charge in [-0.1, -0.05) is 19.7 Å². The molecule has 12 heteroatoms. The van der Waals surface area contributed by atoms with E-state index in [1.54, 1.807) is 0 Å². The van der Waals surface area contributed by atoms with E-state index in [1.807, 2.05) is 0 Å². The maximum absolute atomic E-state index is 9.25. The number of hydrogen-bond acceptors (Lipinski definition) is 9. The highest BCUT2D eigenvalue weighted by Gasteiger charge is 1.94. The van der Waals surface area contributed by atoms with E-state index < -0.39 is 30.1 Å². The molecule has 0 aromatic rings. The number of hydrogen-bond donors (Lipinski definition) is 9. The first kappa shape index (κ1) is 35.5. The third-order valence-electron chi connectivity index (χ3n) is 1.37. The molecule has 0 aromatic carbocycles. The molecule has 0 aliphatic rings. The van der Waals surface area contributed by atoms with Crippen molar-refractivity contribution in [3.63, 3.8) is 0 Å². The van der Waals surface area contributed by atoms with Gasteiger partial charge in [0, 0.05) is 18.2 Å². The number of aliphatic carboxylic acids is 3. The van der Waals surface area contributed by atoms with Crippen molar-refractivity contribution < 1.29 is 60.3 Å². The largest absolute Gasteiger partial charge is 0.478 e. The van der Waals surface area contributed by atoms with Crippen molar-refractivity contribution in [3.8, 4) is 0 Å². The first-order valence-corrected chi connectivity index (χ1v) is 6.79. The predicted molar refractivity (Wildman–Crippen MR) is 93.9 cm³/mol. The summed E-state index contributed by atoms with van der Waals surface area (Å²) >= 11 is 0. The summed E-state index contributed by atoms with van der Waals surface area (Å²) in [6.07, 6.45) is 0.593. The first-order chi connectivity index (χ1) is 12.4. The Kier molecular flexibility index (Phi) is 41.0. The van der Waals surface area contributed by atoms with Crippen molar-refractivity contribution in [2.24, 2.45) is 0 Å². The molecule has 0 saturated heterocycles. The Labute approximate surface area is 155 Å². The van der Waals surface area contributed by atoms with E-state index in [4.69, 9.17) is 46.0 Å². The molecule has 9 N–H and O–H groups in total. The highest BCUT2D eigenvalue weighted by Crippen LogP contribution is 1.72. The molecular formula is C15H28O12. The van der Waals surface area contributed by atoms with Crippen LogP contribution in [-0.2, 0) is 14.4 Å². The minimum absolute atomic E-state index is 0.365. The molecule has 0 unspecified atom stereocenters. The zero-order valence-electron chi connectivity index (χ0n) is 14.6. The first-order valence-electron chi connectivity index (χ1n) is 6.79. The van der Waals surface area contributed by atoms with Crippen LogP contribution in [0.5, 0.6) is 0 Å². The molecule has 0 aliphatic carbocycles. The van der Waals surface area contributed by atoms with Gasteiger partial charge in [-0.15, -0.1) is 0 Å². The molecule has 12 nitrogen and oxygen atoms in total. The van der Waals surface area contributed by atoms with Gasteiger partial charge in [0.1, 0.15) is 12.2 Å². The Morgan fingerprint density at radius 1 is 0.593 bits per heavy atom. The smallest absolute Gasteiger partial charge is 0.327 e. The summed E-state index contributed by atoms with van der Waals surface area (Å²) in [6, 6.07) is 0. The third kappa shape index (κ3) is 82.5. The molecule has 160 valence electrons. The minimum atomic E-state index is -0.981. The summed E-state index contributed by atoms with van der Waals surface area (Å²) in [5.41, 5.74) is 0. The highest BCUT2D eigenvalue weighted by atomic mass is 16.4. The Balaban J connectivity index is -0.0000000749. The number of carbonyl (C=O) groups is 3. The Bertz CT molecular complexity index is 333. The molecule has 0 fully saturated rings. The lowest BCUT2D eigenvalue weighted by Crippen LogP contribution is -2.15. The lowest BCUT2D eigenvalue weighted by atomic mass is 10.4. The van der Waals surface area contributed by atoms with Crippen LogP contribution in [0.15, 0.2) is 38.0 Å². The normalized spacial score (nSPS) is 8.00. The number of carboxylic acid groups (broad SMARTS) is 3. The second-order valence-corrected chi connectivity index (χ2v) is 3.67. The van der Waals surface area contributed by atoms with Crippen molar-refractivity contribution >= 4 is 17.9 Å². The molecule has 0 radical (unpaired) electrons. The summed E-state index contributed by atoms with van der Waals surface area (Å²) in [7, 11) is 0. The molecule has 0 spiro atoms. The number of rotatable bonds is 7. The fourth-order valence-electron chi connectivity index (χ4n) is 0.115. The topological polar surface area (TPSA) is 233 Å². The van der Waals surface area contributed by atoms with Gasteiger partial charge in [0.05, 0.1) is 26.4 Å². The number of aliphatic hydroxyl groups excluding tert-OH is 6. The SMILES string of the molecule is C=CC(=O)O.C=CC(=O)O.C=CC(=O)O.OCC(O)CO.OCC(O)CO. The van der Waals surface area contributed by atoms with Crippen molar-refractivity contribution in [1.29, 1.82) is 0 Å². The molecule has 0 rings (SSSR count). The van der Waals surface area contributed by atoms with E-state index in [0.717, 1.165) is 18.2 Å². The Hall–Kier alpha value is -2.61. The summed E-state index contributed by atoms with van der Waals surface area (Å²) < 4.78 is 0. The zero-order chi connectivity index (χ0) is 22.8. The van der Waals surface area contributed by atoms with Crippen LogP contribution >= 0.6 is 0 Å². The standard InChI is InChI=1S/2C3H8O3.3C3H4O2/c2*4-1-3(6)2-5;3*1-2-3(4)5/h2*3-6H,1-2H2;3*2H,1H2,(H,4,5). The van der Waals surface area contributed by atoms with Crippen LogP contribution in [0.3, 0.4) is 0 Å². The zero-order valence-corrected chi connectivity index (χ0v) is 14.6. The van der Waals surface area contributed by atoms with Crippen molar-refractivity contribution in [1.82, 2.24) is 0 Å². The lowest BCUT2D eigenvalue weighted by molar-refractivity contribution is -0.132. The molecule has 27 heavy (non-hydrogen) atoms. The second kappa shape index (κ2) is 31.2. The van der Waals surface area contributed by atoms with E-state index in [9.17, 15) is 14.4 Å². The fourth-order valence-corrected chi connectivity index (χ4v) is 0.115. The third-order valence-corrected chi connectivity index (χ3v) is 1.37. The van der Waals surface area contributed by atoms with Crippen LogP contribution in [0.25, 0.3) is 0 Å².